The van der Waals surface area contributed by atoms with E-state index in [-0.39, 0.29) is 11.8 Å². The lowest BCUT2D eigenvalue weighted by molar-refractivity contribution is -0.126. The first-order valence-corrected chi connectivity index (χ1v) is 11.6. The molecule has 2 aliphatic rings. The van der Waals surface area contributed by atoms with E-state index in [2.05, 4.69) is 25.1 Å². The van der Waals surface area contributed by atoms with Crippen LogP contribution in [0, 0.1) is 5.92 Å². The summed E-state index contributed by atoms with van der Waals surface area (Å²) in [7, 11) is 0. The Labute approximate surface area is 198 Å². The zero-order valence-electron chi connectivity index (χ0n) is 18.8. The van der Waals surface area contributed by atoms with Crippen LogP contribution in [0.2, 0.25) is 0 Å². The Hall–Kier alpha value is -3.96. The number of imide groups is 1. The zero-order chi connectivity index (χ0) is 23.2. The summed E-state index contributed by atoms with van der Waals surface area (Å²) in [6.45, 7) is 2.08. The second-order valence-corrected chi connectivity index (χ2v) is 8.76. The molecule has 0 aromatic heterocycles. The molecule has 3 atom stereocenters. The number of hydrogen-bond donors (Lipinski definition) is 0. The number of anilines is 2. The maximum Gasteiger partial charge on any atom is 0.266 e. The number of nitrogens with zero attached hydrogens (tertiary/aromatic N) is 2. The highest BCUT2D eigenvalue weighted by atomic mass is 16.7. The maximum absolute atomic E-state index is 13.8. The molecule has 0 bridgehead atoms. The summed E-state index contributed by atoms with van der Waals surface area (Å²) in [5, 5.41) is 3.89. The lowest BCUT2D eigenvalue weighted by Gasteiger charge is -2.29. The summed E-state index contributed by atoms with van der Waals surface area (Å²) in [6.07, 6.45) is 0.0219. The number of hydrogen-bond acceptors (Lipinski definition) is 4. The van der Waals surface area contributed by atoms with Gasteiger partial charge in [-0.3, -0.25) is 14.4 Å². The van der Waals surface area contributed by atoms with Gasteiger partial charge < -0.3 is 0 Å². The van der Waals surface area contributed by atoms with Crippen LogP contribution in [0.4, 0.5) is 11.4 Å². The Balaban J connectivity index is 1.48. The van der Waals surface area contributed by atoms with Gasteiger partial charge in [-0.1, -0.05) is 79.7 Å². The van der Waals surface area contributed by atoms with Crippen molar-refractivity contribution in [3.8, 4) is 0 Å². The molecule has 0 N–H and O–H groups in total. The Kier molecular flexibility index (Phi) is 4.93. The number of fused-ring (bicyclic) bond motifs is 2. The number of aryl methyl sites for hydroxylation is 1. The van der Waals surface area contributed by atoms with Crippen molar-refractivity contribution in [1.29, 1.82) is 0 Å². The minimum atomic E-state index is -0.873. The molecule has 0 unspecified atom stereocenters. The Morgan fingerprint density at radius 1 is 0.735 bits per heavy atom. The molecule has 0 aliphatic carbocycles. The molecule has 2 aliphatic heterocycles. The molecule has 6 rings (SSSR count). The van der Waals surface area contributed by atoms with Crippen molar-refractivity contribution in [1.82, 2.24) is 0 Å². The summed E-state index contributed by atoms with van der Waals surface area (Å²) >= 11 is 0. The van der Waals surface area contributed by atoms with Gasteiger partial charge in [0, 0.05) is 0 Å². The van der Waals surface area contributed by atoms with E-state index in [1.807, 2.05) is 78.9 Å². The van der Waals surface area contributed by atoms with E-state index < -0.39 is 18.1 Å². The van der Waals surface area contributed by atoms with Gasteiger partial charge in [-0.2, -0.15) is 0 Å². The number of hydroxylamine groups is 1. The Morgan fingerprint density at radius 2 is 1.44 bits per heavy atom. The van der Waals surface area contributed by atoms with Crippen LogP contribution in [0.25, 0.3) is 10.8 Å². The van der Waals surface area contributed by atoms with Crippen LogP contribution >= 0.6 is 0 Å². The SMILES string of the molecule is CCc1ccc(N2C(=O)[C@H]3[C@@H](c4cccc5ccccc45)N(c4ccccc4)O[C@H]3C2=O)cc1. The summed E-state index contributed by atoms with van der Waals surface area (Å²) in [6, 6.07) is 31.1. The molecule has 0 spiro atoms. The van der Waals surface area contributed by atoms with Gasteiger partial charge >= 0.3 is 0 Å². The molecule has 2 saturated heterocycles. The Morgan fingerprint density at radius 3 is 2.21 bits per heavy atom. The largest absolute Gasteiger partial charge is 0.273 e. The molecule has 0 radical (unpaired) electrons. The van der Waals surface area contributed by atoms with E-state index in [0.717, 1.165) is 34.0 Å². The monoisotopic (exact) mass is 448 g/mol. The third kappa shape index (κ3) is 3.12. The summed E-state index contributed by atoms with van der Waals surface area (Å²) in [5.41, 5.74) is 3.53. The van der Waals surface area contributed by atoms with Crippen LogP contribution in [0.15, 0.2) is 97.1 Å². The molecular formula is C29H24N2O3. The predicted octanol–water partition coefficient (Wildman–Crippen LogP) is 5.45. The van der Waals surface area contributed by atoms with Crippen LogP contribution in [-0.2, 0) is 20.8 Å². The average molecular weight is 449 g/mol. The van der Waals surface area contributed by atoms with Gasteiger partial charge in [0.15, 0.2) is 6.10 Å². The van der Waals surface area contributed by atoms with Crippen LogP contribution in [-0.4, -0.2) is 17.9 Å². The fraction of sp³-hybridized carbons (Fsp3) is 0.172. The lowest BCUT2D eigenvalue weighted by atomic mass is 9.87. The average Bonchev–Trinajstić information content (AvgIpc) is 3.40. The fourth-order valence-electron chi connectivity index (χ4n) is 5.17. The van der Waals surface area contributed by atoms with Crippen molar-refractivity contribution in [2.45, 2.75) is 25.5 Å². The van der Waals surface area contributed by atoms with Crippen molar-refractivity contribution in [3.63, 3.8) is 0 Å². The van der Waals surface area contributed by atoms with Crippen molar-refractivity contribution >= 4 is 34.0 Å². The number of amides is 2. The number of benzene rings is 4. The highest BCUT2D eigenvalue weighted by molar-refractivity contribution is 6.24. The second-order valence-electron chi connectivity index (χ2n) is 8.76. The quantitative estimate of drug-likeness (QED) is 0.390. The molecular weight excluding hydrogens is 424 g/mol. The van der Waals surface area contributed by atoms with Gasteiger partial charge in [-0.15, -0.1) is 0 Å². The highest BCUT2D eigenvalue weighted by Gasteiger charge is 2.60. The Bertz CT molecular complexity index is 1380. The van der Waals surface area contributed by atoms with Crippen molar-refractivity contribution in [3.05, 3.63) is 108 Å². The third-order valence-corrected chi connectivity index (χ3v) is 6.87. The van der Waals surface area contributed by atoms with Gasteiger partial charge in [-0.25, -0.2) is 9.96 Å². The minimum absolute atomic E-state index is 0.226. The molecule has 4 aromatic carbocycles. The molecule has 5 nitrogen and oxygen atoms in total. The zero-order valence-corrected chi connectivity index (χ0v) is 18.8. The standard InChI is InChI=1S/C29H24N2O3/c1-2-19-15-17-21(18-16-19)30-28(32)25-26(24-14-8-10-20-9-6-7-13-23(20)24)31(34-27(25)29(30)33)22-11-4-3-5-12-22/h3-18,25-27H,2H2,1H3/t25-,26+,27+/m0/s1. The topological polar surface area (TPSA) is 49.9 Å². The molecule has 2 amide bonds. The van der Waals surface area contributed by atoms with Crippen LogP contribution < -0.4 is 9.96 Å². The minimum Gasteiger partial charge on any atom is -0.273 e. The van der Waals surface area contributed by atoms with E-state index in [0.29, 0.717) is 5.69 Å². The normalized spacial score (nSPS) is 22.0. The van der Waals surface area contributed by atoms with Crippen LogP contribution in [0.1, 0.15) is 24.1 Å². The first-order chi connectivity index (χ1) is 16.7. The molecule has 4 aromatic rings. The third-order valence-electron chi connectivity index (χ3n) is 6.87. The van der Waals surface area contributed by atoms with E-state index >= 15 is 0 Å². The second kappa shape index (κ2) is 8.12. The van der Waals surface area contributed by atoms with Crippen molar-refractivity contribution in [2.75, 3.05) is 9.96 Å². The van der Waals surface area contributed by atoms with E-state index in [4.69, 9.17) is 4.84 Å². The van der Waals surface area contributed by atoms with E-state index in [1.165, 1.54) is 4.90 Å². The fourth-order valence-corrected chi connectivity index (χ4v) is 5.17. The molecule has 0 saturated carbocycles. The predicted molar refractivity (Wildman–Crippen MR) is 132 cm³/mol. The molecule has 2 heterocycles. The number of carbonyl (C=O) groups is 2. The highest BCUT2D eigenvalue weighted by Crippen LogP contribution is 2.48. The summed E-state index contributed by atoms with van der Waals surface area (Å²) in [5.74, 6) is -1.19. The molecule has 2 fully saturated rings. The number of rotatable bonds is 4. The first kappa shape index (κ1) is 20.6. The summed E-state index contributed by atoms with van der Waals surface area (Å²) in [4.78, 5) is 35.0. The van der Waals surface area contributed by atoms with Crippen molar-refractivity contribution < 1.29 is 14.4 Å². The van der Waals surface area contributed by atoms with Crippen LogP contribution in [0.5, 0.6) is 0 Å². The number of para-hydroxylation sites is 1. The summed E-state index contributed by atoms with van der Waals surface area (Å²) < 4.78 is 0. The first-order valence-electron chi connectivity index (χ1n) is 11.6. The van der Waals surface area contributed by atoms with E-state index in [9.17, 15) is 9.59 Å². The van der Waals surface area contributed by atoms with Gasteiger partial charge in [-0.05, 0) is 52.6 Å². The lowest BCUT2D eigenvalue weighted by Crippen LogP contribution is -2.37. The van der Waals surface area contributed by atoms with Gasteiger partial charge in [0.1, 0.15) is 5.92 Å². The van der Waals surface area contributed by atoms with E-state index in [1.54, 1.807) is 5.06 Å². The van der Waals surface area contributed by atoms with Gasteiger partial charge in [0.05, 0.1) is 17.4 Å². The maximum atomic E-state index is 13.8. The molecule has 5 heteroatoms. The van der Waals surface area contributed by atoms with Crippen molar-refractivity contribution in [2.24, 2.45) is 5.92 Å². The van der Waals surface area contributed by atoms with Crippen LogP contribution in [0.3, 0.4) is 0 Å². The van der Waals surface area contributed by atoms with Gasteiger partial charge in [0.2, 0.25) is 5.91 Å². The smallest absolute Gasteiger partial charge is 0.266 e. The number of carbonyl (C=O) groups excluding carboxylic acids is 2. The molecule has 168 valence electrons. The van der Waals surface area contributed by atoms with Gasteiger partial charge in [0.25, 0.3) is 5.91 Å². The molecule has 34 heavy (non-hydrogen) atoms.